The van der Waals surface area contributed by atoms with Gasteiger partial charge in [-0.05, 0) is 23.8 Å². The molecule has 0 spiro atoms. The zero-order valence-electron chi connectivity index (χ0n) is 15.8. The fraction of sp³-hybridized carbons (Fsp3) is 0.100. The summed E-state index contributed by atoms with van der Waals surface area (Å²) in [5, 5.41) is 5.36. The van der Waals surface area contributed by atoms with Gasteiger partial charge in [-0.3, -0.25) is 18.9 Å². The molecule has 4 aromatic rings. The highest BCUT2D eigenvalue weighted by Gasteiger charge is 2.17. The predicted molar refractivity (Wildman–Crippen MR) is 119 cm³/mol. The van der Waals surface area contributed by atoms with Gasteiger partial charge in [-0.2, -0.15) is 10.1 Å². The van der Waals surface area contributed by atoms with Crippen LogP contribution < -0.4 is 16.7 Å². The van der Waals surface area contributed by atoms with Crippen molar-refractivity contribution in [3.8, 4) is 0 Å². The van der Waals surface area contributed by atoms with Crippen molar-refractivity contribution in [2.75, 3.05) is 5.43 Å². The third-order valence-electron chi connectivity index (χ3n) is 4.53. The van der Waals surface area contributed by atoms with Gasteiger partial charge in [-0.15, -0.1) is 0 Å². The molecule has 2 aromatic heterocycles. The lowest BCUT2D eigenvalue weighted by atomic mass is 10.2. The molecule has 2 aromatic carbocycles. The molecule has 4 rings (SSSR count). The quantitative estimate of drug-likeness (QED) is 0.366. The fourth-order valence-electron chi connectivity index (χ4n) is 2.99. The van der Waals surface area contributed by atoms with E-state index in [0.717, 1.165) is 11.1 Å². The number of nitrogens with zero attached hydrogens (tertiary/aromatic N) is 4. The molecule has 2 heterocycles. The van der Waals surface area contributed by atoms with Gasteiger partial charge in [0.05, 0.1) is 12.8 Å². The number of hydrogen-bond acceptors (Lipinski definition) is 5. The number of anilines is 1. The number of halogens is 2. The Morgan fingerprint density at radius 3 is 2.60 bits per heavy atom. The average Bonchev–Trinajstić information content (AvgIpc) is 3.08. The maximum atomic E-state index is 12.5. The molecule has 0 bridgehead atoms. The largest absolute Gasteiger partial charge is 0.329 e. The number of H-pyrrole nitrogens is 1. The second-order valence-electron chi connectivity index (χ2n) is 6.53. The number of aromatic nitrogens is 4. The lowest BCUT2D eigenvalue weighted by molar-refractivity contribution is 0.808. The molecule has 152 valence electrons. The standard InChI is InChI=1S/C20H16Cl2N6O2/c1-27-17-16(18(29)25-20(27)30)28(11-12-6-8-14(21)9-7-12)19(24-17)26-23-10-13-4-2-3-5-15(13)22/h2-10H,11H2,1H3,(H,24,26)(H,25,29,30)/b23-10+. The second kappa shape index (κ2) is 8.17. The fourth-order valence-corrected chi connectivity index (χ4v) is 3.30. The number of fused-ring (bicyclic) bond motifs is 1. The van der Waals surface area contributed by atoms with E-state index in [-0.39, 0.29) is 11.2 Å². The molecular formula is C20H16Cl2N6O2. The Morgan fingerprint density at radius 1 is 1.13 bits per heavy atom. The van der Waals surface area contributed by atoms with Crippen LogP contribution in [0.15, 0.2) is 63.2 Å². The highest BCUT2D eigenvalue weighted by molar-refractivity contribution is 6.33. The first kappa shape index (κ1) is 19.9. The third-order valence-corrected chi connectivity index (χ3v) is 5.13. The van der Waals surface area contributed by atoms with Gasteiger partial charge in [-0.25, -0.2) is 10.2 Å². The first-order chi connectivity index (χ1) is 14.4. The molecule has 8 nitrogen and oxygen atoms in total. The van der Waals surface area contributed by atoms with Crippen LogP contribution in [0.1, 0.15) is 11.1 Å². The van der Waals surface area contributed by atoms with Crippen molar-refractivity contribution in [1.29, 1.82) is 0 Å². The van der Waals surface area contributed by atoms with Crippen LogP contribution in [0.5, 0.6) is 0 Å². The molecule has 2 N–H and O–H groups in total. The number of hydrogen-bond donors (Lipinski definition) is 2. The highest BCUT2D eigenvalue weighted by atomic mass is 35.5. The van der Waals surface area contributed by atoms with Gasteiger partial charge in [0, 0.05) is 22.7 Å². The van der Waals surface area contributed by atoms with Gasteiger partial charge in [0.1, 0.15) is 0 Å². The van der Waals surface area contributed by atoms with Crippen molar-refractivity contribution < 1.29 is 0 Å². The van der Waals surface area contributed by atoms with Crippen LogP contribution in [0, 0.1) is 0 Å². The van der Waals surface area contributed by atoms with E-state index in [0.29, 0.717) is 22.5 Å². The highest BCUT2D eigenvalue weighted by Crippen LogP contribution is 2.19. The number of benzene rings is 2. The average molecular weight is 443 g/mol. The van der Waals surface area contributed by atoms with E-state index in [9.17, 15) is 9.59 Å². The lowest BCUT2D eigenvalue weighted by Crippen LogP contribution is -2.29. The van der Waals surface area contributed by atoms with E-state index in [1.807, 2.05) is 30.3 Å². The number of imidazole rings is 1. The second-order valence-corrected chi connectivity index (χ2v) is 7.37. The van der Waals surface area contributed by atoms with Crippen LogP contribution in [0.3, 0.4) is 0 Å². The summed E-state index contributed by atoms with van der Waals surface area (Å²) in [5.41, 5.74) is 3.89. The van der Waals surface area contributed by atoms with Gasteiger partial charge >= 0.3 is 5.69 Å². The molecule has 0 amide bonds. The Labute approximate surface area is 180 Å². The van der Waals surface area contributed by atoms with Crippen LogP contribution in [0.2, 0.25) is 10.0 Å². The van der Waals surface area contributed by atoms with Gasteiger partial charge in [0.2, 0.25) is 5.95 Å². The van der Waals surface area contributed by atoms with E-state index >= 15 is 0 Å². The zero-order valence-corrected chi connectivity index (χ0v) is 17.3. The van der Waals surface area contributed by atoms with Crippen molar-refractivity contribution in [3.63, 3.8) is 0 Å². The van der Waals surface area contributed by atoms with E-state index < -0.39 is 11.2 Å². The molecular weight excluding hydrogens is 427 g/mol. The number of hydrazone groups is 1. The Hall–Kier alpha value is -3.36. The van der Waals surface area contributed by atoms with Crippen molar-refractivity contribution in [1.82, 2.24) is 19.1 Å². The van der Waals surface area contributed by atoms with Crippen LogP contribution >= 0.6 is 23.2 Å². The minimum absolute atomic E-state index is 0.244. The molecule has 0 saturated carbocycles. The van der Waals surface area contributed by atoms with Crippen LogP contribution in [-0.2, 0) is 13.6 Å². The van der Waals surface area contributed by atoms with Gasteiger partial charge in [-0.1, -0.05) is 53.5 Å². The van der Waals surface area contributed by atoms with Crippen molar-refractivity contribution in [2.24, 2.45) is 12.1 Å². The topological polar surface area (TPSA) is 97.1 Å². The molecule has 0 aliphatic rings. The Morgan fingerprint density at radius 2 is 1.87 bits per heavy atom. The first-order valence-corrected chi connectivity index (χ1v) is 9.67. The minimum Gasteiger partial charge on any atom is -0.298 e. The molecule has 0 radical (unpaired) electrons. The molecule has 0 aliphatic heterocycles. The van der Waals surface area contributed by atoms with E-state index in [4.69, 9.17) is 23.2 Å². The molecule has 30 heavy (non-hydrogen) atoms. The number of aromatic amines is 1. The first-order valence-electron chi connectivity index (χ1n) is 8.91. The number of nitrogens with one attached hydrogen (secondary N) is 2. The summed E-state index contributed by atoms with van der Waals surface area (Å²) in [6.45, 7) is 0.318. The summed E-state index contributed by atoms with van der Waals surface area (Å²) >= 11 is 12.1. The summed E-state index contributed by atoms with van der Waals surface area (Å²) in [4.78, 5) is 31.3. The minimum atomic E-state index is -0.547. The van der Waals surface area contributed by atoms with E-state index in [1.165, 1.54) is 11.6 Å². The summed E-state index contributed by atoms with van der Waals surface area (Å²) < 4.78 is 2.93. The molecule has 0 fully saturated rings. The molecule has 0 aliphatic carbocycles. The lowest BCUT2D eigenvalue weighted by Gasteiger charge is -2.08. The third kappa shape index (κ3) is 3.87. The Bertz CT molecular complexity index is 1370. The summed E-state index contributed by atoms with van der Waals surface area (Å²) in [6.07, 6.45) is 1.55. The van der Waals surface area contributed by atoms with E-state index in [1.54, 1.807) is 29.0 Å². The maximum absolute atomic E-state index is 12.5. The molecule has 0 atom stereocenters. The van der Waals surface area contributed by atoms with E-state index in [2.05, 4.69) is 20.5 Å². The zero-order chi connectivity index (χ0) is 21.3. The van der Waals surface area contributed by atoms with Crippen LogP contribution in [0.25, 0.3) is 11.2 Å². The van der Waals surface area contributed by atoms with Gasteiger partial charge < -0.3 is 0 Å². The van der Waals surface area contributed by atoms with Crippen LogP contribution in [0.4, 0.5) is 5.95 Å². The molecule has 10 heteroatoms. The smallest absolute Gasteiger partial charge is 0.298 e. The normalized spacial score (nSPS) is 11.4. The summed E-state index contributed by atoms with van der Waals surface area (Å²) in [5.74, 6) is 0.301. The summed E-state index contributed by atoms with van der Waals surface area (Å²) in [6, 6.07) is 14.5. The van der Waals surface area contributed by atoms with Crippen molar-refractivity contribution >= 4 is 46.5 Å². The van der Waals surface area contributed by atoms with Crippen molar-refractivity contribution in [3.05, 3.63) is 90.5 Å². The Kier molecular flexibility index (Phi) is 5.43. The molecule has 0 unspecified atom stereocenters. The maximum Gasteiger partial charge on any atom is 0.329 e. The molecule has 0 saturated heterocycles. The van der Waals surface area contributed by atoms with Gasteiger partial charge in [0.15, 0.2) is 11.2 Å². The van der Waals surface area contributed by atoms with Crippen molar-refractivity contribution in [2.45, 2.75) is 6.54 Å². The predicted octanol–water partition coefficient (Wildman–Crippen LogP) is 3.22. The number of aryl methyl sites for hydroxylation is 1. The number of rotatable bonds is 5. The monoisotopic (exact) mass is 442 g/mol. The van der Waals surface area contributed by atoms with Gasteiger partial charge in [0.25, 0.3) is 5.56 Å². The Balaban J connectivity index is 1.79. The van der Waals surface area contributed by atoms with Crippen LogP contribution in [-0.4, -0.2) is 25.3 Å². The SMILES string of the molecule is Cn1c(=O)[nH]c(=O)c2c1nc(N/N=C/c1ccccc1Cl)n2Cc1ccc(Cl)cc1. The summed E-state index contributed by atoms with van der Waals surface area (Å²) in [7, 11) is 1.54.